The largest absolute Gasteiger partial charge is 0.473 e. The van der Waals surface area contributed by atoms with E-state index in [0.29, 0.717) is 16.5 Å². The zero-order chi connectivity index (χ0) is 15.7. The first kappa shape index (κ1) is 17.0. The number of hydrogen-bond acceptors (Lipinski definition) is 5. The Kier molecular flexibility index (Phi) is 7.27. The molecule has 0 aromatic heterocycles. The minimum absolute atomic E-state index is 0.181. The molecule has 0 unspecified atom stereocenters. The zero-order valence-corrected chi connectivity index (χ0v) is 13.6. The Bertz CT molecular complexity index is 557. The van der Waals surface area contributed by atoms with Gasteiger partial charge in [-0.1, -0.05) is 30.3 Å². The standard InChI is InChI=1S/C13H17N5OS2/c1-9(15-18-13(21)19-3)11(16-17-12(20)14-2)10-7-5-4-6-8-10/h4-8H,1-3H3,(H,18,21)(H2,14,17,20)/b15-9+,16-11-. The molecule has 0 spiro atoms. The van der Waals surface area contributed by atoms with Crippen molar-refractivity contribution in [3.05, 3.63) is 35.9 Å². The minimum Gasteiger partial charge on any atom is -0.473 e. The second-order valence-electron chi connectivity index (χ2n) is 3.82. The van der Waals surface area contributed by atoms with Crippen molar-refractivity contribution >= 4 is 46.1 Å². The maximum atomic E-state index is 5.01. The predicted octanol–water partition coefficient (Wildman–Crippen LogP) is 1.38. The number of hydrazone groups is 2. The summed E-state index contributed by atoms with van der Waals surface area (Å²) in [5, 5.41) is 11.8. The highest BCUT2D eigenvalue weighted by Crippen LogP contribution is 2.03. The van der Waals surface area contributed by atoms with Crippen LogP contribution in [0.15, 0.2) is 40.5 Å². The summed E-state index contributed by atoms with van der Waals surface area (Å²) in [5.41, 5.74) is 7.54. The van der Waals surface area contributed by atoms with Crippen LogP contribution < -0.4 is 16.2 Å². The quantitative estimate of drug-likeness (QED) is 0.442. The summed E-state index contributed by atoms with van der Waals surface area (Å²) in [6.45, 7) is 1.81. The fourth-order valence-corrected chi connectivity index (χ4v) is 1.43. The van der Waals surface area contributed by atoms with Crippen molar-refractivity contribution in [2.45, 2.75) is 6.92 Å². The predicted molar refractivity (Wildman–Crippen MR) is 93.6 cm³/mol. The highest BCUT2D eigenvalue weighted by molar-refractivity contribution is 7.80. The molecule has 0 aliphatic carbocycles. The van der Waals surface area contributed by atoms with E-state index in [2.05, 4.69) is 26.4 Å². The molecule has 0 saturated carbocycles. The van der Waals surface area contributed by atoms with Gasteiger partial charge in [-0.3, -0.25) is 5.43 Å². The van der Waals surface area contributed by atoms with Gasteiger partial charge in [0.15, 0.2) is 5.11 Å². The Hall–Kier alpha value is -2.06. The van der Waals surface area contributed by atoms with Crippen LogP contribution in [-0.2, 0) is 4.74 Å². The summed E-state index contributed by atoms with van der Waals surface area (Å²) in [7, 11) is 3.19. The molecule has 112 valence electrons. The van der Waals surface area contributed by atoms with Gasteiger partial charge in [0.05, 0.1) is 12.8 Å². The molecule has 0 heterocycles. The molecule has 0 amide bonds. The van der Waals surface area contributed by atoms with Crippen LogP contribution in [0.1, 0.15) is 12.5 Å². The van der Waals surface area contributed by atoms with Gasteiger partial charge in [-0.15, -0.1) is 0 Å². The number of rotatable bonds is 4. The fourth-order valence-electron chi connectivity index (χ4n) is 1.34. The molecule has 0 aliphatic rings. The van der Waals surface area contributed by atoms with E-state index in [4.69, 9.17) is 29.2 Å². The summed E-state index contributed by atoms with van der Waals surface area (Å²) >= 11 is 9.88. The van der Waals surface area contributed by atoms with Crippen molar-refractivity contribution in [2.24, 2.45) is 10.2 Å². The van der Waals surface area contributed by atoms with E-state index in [1.54, 1.807) is 14.0 Å². The summed E-state index contributed by atoms with van der Waals surface area (Å²) in [6, 6.07) is 9.62. The Morgan fingerprint density at radius 2 is 1.76 bits per heavy atom. The summed E-state index contributed by atoms with van der Waals surface area (Å²) in [5.74, 6) is 0. The second kappa shape index (κ2) is 8.98. The van der Waals surface area contributed by atoms with Gasteiger partial charge in [-0.25, -0.2) is 5.43 Å². The van der Waals surface area contributed by atoms with E-state index in [1.165, 1.54) is 7.11 Å². The maximum absolute atomic E-state index is 5.01. The smallest absolute Gasteiger partial charge is 0.277 e. The maximum Gasteiger partial charge on any atom is 0.277 e. The lowest BCUT2D eigenvalue weighted by Gasteiger charge is -2.09. The lowest BCUT2D eigenvalue weighted by molar-refractivity contribution is 0.394. The second-order valence-corrected chi connectivity index (χ2v) is 4.60. The Balaban J connectivity index is 3.02. The molecule has 3 N–H and O–H groups in total. The van der Waals surface area contributed by atoms with Crippen molar-refractivity contribution in [3.63, 3.8) is 0 Å². The molecule has 0 saturated heterocycles. The summed E-state index contributed by atoms with van der Waals surface area (Å²) < 4.78 is 4.83. The van der Waals surface area contributed by atoms with Gasteiger partial charge in [0, 0.05) is 12.6 Å². The molecule has 0 fully saturated rings. The van der Waals surface area contributed by atoms with E-state index in [0.717, 1.165) is 5.56 Å². The Labute approximate surface area is 134 Å². The van der Waals surface area contributed by atoms with Crippen LogP contribution >= 0.6 is 24.4 Å². The van der Waals surface area contributed by atoms with Gasteiger partial charge in [0.1, 0.15) is 5.71 Å². The minimum atomic E-state index is 0.181. The first-order valence-corrected chi connectivity index (χ1v) is 6.89. The van der Waals surface area contributed by atoms with E-state index in [-0.39, 0.29) is 5.17 Å². The van der Waals surface area contributed by atoms with Gasteiger partial charge < -0.3 is 10.1 Å². The van der Waals surface area contributed by atoms with Gasteiger partial charge in [-0.2, -0.15) is 10.2 Å². The molecule has 21 heavy (non-hydrogen) atoms. The molecule has 0 bridgehead atoms. The highest BCUT2D eigenvalue weighted by Gasteiger charge is 2.08. The summed E-state index contributed by atoms with van der Waals surface area (Å²) in [4.78, 5) is 0. The third-order valence-electron chi connectivity index (χ3n) is 2.39. The normalized spacial score (nSPS) is 11.6. The molecule has 0 aliphatic heterocycles. The van der Waals surface area contributed by atoms with Crippen LogP contribution in [0.3, 0.4) is 0 Å². The third kappa shape index (κ3) is 5.84. The molecule has 0 radical (unpaired) electrons. The molecule has 1 aromatic carbocycles. The molecule has 6 nitrogen and oxygen atoms in total. The molecular formula is C13H17N5OS2. The van der Waals surface area contributed by atoms with Crippen LogP contribution in [0.2, 0.25) is 0 Å². The monoisotopic (exact) mass is 323 g/mol. The lowest BCUT2D eigenvalue weighted by Crippen LogP contribution is -2.31. The van der Waals surface area contributed by atoms with E-state index < -0.39 is 0 Å². The SMILES string of the molecule is CNC(=S)N/N=C(/C(C)=N/NC(=S)OC)c1ccccc1. The van der Waals surface area contributed by atoms with Crippen molar-refractivity contribution in [3.8, 4) is 0 Å². The molecular weight excluding hydrogens is 306 g/mol. The third-order valence-corrected chi connectivity index (χ3v) is 2.94. The summed E-state index contributed by atoms with van der Waals surface area (Å²) in [6.07, 6.45) is 0. The van der Waals surface area contributed by atoms with Crippen LogP contribution in [0.25, 0.3) is 0 Å². The molecule has 1 aromatic rings. The number of thiocarbonyl (C=S) groups is 2. The van der Waals surface area contributed by atoms with Crippen molar-refractivity contribution in [1.82, 2.24) is 16.2 Å². The van der Waals surface area contributed by atoms with E-state index in [1.807, 2.05) is 30.3 Å². The van der Waals surface area contributed by atoms with Gasteiger partial charge in [0.25, 0.3) is 5.17 Å². The van der Waals surface area contributed by atoms with Gasteiger partial charge in [0.2, 0.25) is 0 Å². The van der Waals surface area contributed by atoms with Crippen molar-refractivity contribution in [1.29, 1.82) is 0 Å². The van der Waals surface area contributed by atoms with Gasteiger partial charge in [-0.05, 0) is 31.4 Å². The van der Waals surface area contributed by atoms with E-state index >= 15 is 0 Å². The van der Waals surface area contributed by atoms with Crippen molar-refractivity contribution in [2.75, 3.05) is 14.2 Å². The highest BCUT2D eigenvalue weighted by atomic mass is 32.1. The average molecular weight is 323 g/mol. The number of ether oxygens (including phenoxy) is 1. The Morgan fingerprint density at radius 3 is 2.33 bits per heavy atom. The lowest BCUT2D eigenvalue weighted by atomic mass is 10.1. The molecule has 1 rings (SSSR count). The first-order valence-electron chi connectivity index (χ1n) is 6.08. The van der Waals surface area contributed by atoms with Crippen LogP contribution in [0.4, 0.5) is 0 Å². The molecule has 8 heteroatoms. The van der Waals surface area contributed by atoms with Crippen LogP contribution in [0, 0.1) is 0 Å². The number of nitrogens with zero attached hydrogens (tertiary/aromatic N) is 2. The number of benzene rings is 1. The fraction of sp³-hybridized carbons (Fsp3) is 0.231. The average Bonchev–Trinajstić information content (AvgIpc) is 2.53. The topological polar surface area (TPSA) is 70.0 Å². The van der Waals surface area contributed by atoms with E-state index in [9.17, 15) is 0 Å². The number of nitrogens with one attached hydrogen (secondary N) is 3. The number of methoxy groups -OCH3 is 1. The van der Waals surface area contributed by atoms with Crippen molar-refractivity contribution < 1.29 is 4.74 Å². The van der Waals surface area contributed by atoms with Gasteiger partial charge >= 0.3 is 0 Å². The number of hydrogen-bond donors (Lipinski definition) is 3. The molecule has 0 atom stereocenters. The zero-order valence-electron chi connectivity index (χ0n) is 12.0. The Morgan fingerprint density at radius 1 is 1.10 bits per heavy atom. The first-order chi connectivity index (χ1) is 10.1. The van der Waals surface area contributed by atoms with Crippen LogP contribution in [-0.4, -0.2) is 35.9 Å². The van der Waals surface area contributed by atoms with Crippen LogP contribution in [0.5, 0.6) is 0 Å².